The van der Waals surface area contributed by atoms with Crippen molar-refractivity contribution >= 4 is 17.1 Å². The third-order valence-electron chi connectivity index (χ3n) is 2.74. The Hall–Kier alpha value is -2.24. The number of benzene rings is 1. The van der Waals surface area contributed by atoms with E-state index in [-0.39, 0.29) is 5.69 Å². The van der Waals surface area contributed by atoms with Crippen LogP contribution in [0.4, 0.5) is 4.79 Å². The Labute approximate surface area is 116 Å². The highest BCUT2D eigenvalue weighted by molar-refractivity contribution is 5.75. The Balaban J connectivity index is 2.24. The van der Waals surface area contributed by atoms with Gasteiger partial charge in [-0.05, 0) is 39.8 Å². The molecule has 2 N–H and O–H groups in total. The van der Waals surface area contributed by atoms with Crippen LogP contribution < -0.4 is 11.0 Å². The number of aromatic nitrogens is 2. The zero-order valence-electron chi connectivity index (χ0n) is 12.1. The number of carbonyl (C=O) groups excluding carboxylic acids is 1. The smallest absolute Gasteiger partial charge is 0.409 e. The second kappa shape index (κ2) is 5.03. The average Bonchev–Trinajstić information content (AvgIpc) is 2.61. The molecule has 1 aromatic heterocycles. The minimum Gasteiger partial charge on any atom is -0.444 e. The number of imidazole rings is 1. The predicted octanol–water partition coefficient (Wildman–Crippen LogP) is 2.37. The highest BCUT2D eigenvalue weighted by Gasteiger charge is 2.20. The monoisotopic (exact) mass is 277 g/mol. The van der Waals surface area contributed by atoms with Gasteiger partial charge in [0, 0.05) is 0 Å². The van der Waals surface area contributed by atoms with Crippen LogP contribution in [0.2, 0.25) is 0 Å². The number of alkyl carbamates (subject to hydrolysis) is 1. The molecule has 6 heteroatoms. The lowest BCUT2D eigenvalue weighted by Gasteiger charge is -2.22. The summed E-state index contributed by atoms with van der Waals surface area (Å²) in [6.45, 7) is 7.09. The van der Waals surface area contributed by atoms with Crippen molar-refractivity contribution in [2.45, 2.75) is 39.5 Å². The lowest BCUT2D eigenvalue weighted by molar-refractivity contribution is 0.0489. The molecule has 1 atom stereocenters. The van der Waals surface area contributed by atoms with Crippen molar-refractivity contribution in [2.75, 3.05) is 0 Å². The van der Waals surface area contributed by atoms with Gasteiger partial charge in [0.15, 0.2) is 0 Å². The number of hydrogen-bond acceptors (Lipinski definition) is 3. The molecule has 0 saturated carbocycles. The first kappa shape index (κ1) is 14.2. The normalized spacial score (nSPS) is 13.2. The van der Waals surface area contributed by atoms with Crippen LogP contribution in [0.5, 0.6) is 0 Å². The third kappa shape index (κ3) is 3.01. The van der Waals surface area contributed by atoms with Gasteiger partial charge in [-0.3, -0.25) is 4.57 Å². The molecule has 20 heavy (non-hydrogen) atoms. The zero-order valence-corrected chi connectivity index (χ0v) is 12.1. The molecule has 1 unspecified atom stereocenters. The fourth-order valence-electron chi connectivity index (χ4n) is 2.00. The lowest BCUT2D eigenvalue weighted by atomic mass is 10.2. The molecule has 6 nitrogen and oxygen atoms in total. The van der Waals surface area contributed by atoms with Crippen LogP contribution in [0, 0.1) is 0 Å². The maximum Gasteiger partial charge on any atom is 0.409 e. The summed E-state index contributed by atoms with van der Waals surface area (Å²) in [5.41, 5.74) is 0.626. The van der Waals surface area contributed by atoms with Crippen LogP contribution in [-0.4, -0.2) is 21.2 Å². The minimum atomic E-state index is -0.574. The molecule has 1 amide bonds. The van der Waals surface area contributed by atoms with E-state index in [1.54, 1.807) is 27.7 Å². The SMILES string of the molecule is CC(NC(=O)OC(C)(C)C)n1c(=O)[nH]c2ccccc21. The zero-order chi connectivity index (χ0) is 14.9. The van der Waals surface area contributed by atoms with Crippen molar-refractivity contribution in [3.8, 4) is 0 Å². The number of nitrogens with zero attached hydrogens (tertiary/aromatic N) is 1. The van der Waals surface area contributed by atoms with Gasteiger partial charge < -0.3 is 15.0 Å². The number of ether oxygens (including phenoxy) is 1. The fraction of sp³-hybridized carbons (Fsp3) is 0.429. The van der Waals surface area contributed by atoms with Crippen LogP contribution in [0.25, 0.3) is 11.0 Å². The van der Waals surface area contributed by atoms with Crippen LogP contribution in [0.3, 0.4) is 0 Å². The first-order valence-electron chi connectivity index (χ1n) is 6.47. The first-order valence-corrected chi connectivity index (χ1v) is 6.47. The minimum absolute atomic E-state index is 0.269. The number of amides is 1. The van der Waals surface area contributed by atoms with Crippen LogP contribution >= 0.6 is 0 Å². The Morgan fingerprint density at radius 1 is 1.35 bits per heavy atom. The molecule has 0 spiro atoms. The second-order valence-electron chi connectivity index (χ2n) is 5.64. The van der Waals surface area contributed by atoms with Crippen molar-refractivity contribution in [3.63, 3.8) is 0 Å². The highest BCUT2D eigenvalue weighted by Crippen LogP contribution is 2.13. The molecule has 0 aliphatic carbocycles. The van der Waals surface area contributed by atoms with Gasteiger partial charge in [-0.15, -0.1) is 0 Å². The van der Waals surface area contributed by atoms with Crippen molar-refractivity contribution < 1.29 is 9.53 Å². The Morgan fingerprint density at radius 2 is 2.00 bits per heavy atom. The summed E-state index contributed by atoms with van der Waals surface area (Å²) in [4.78, 5) is 26.5. The van der Waals surface area contributed by atoms with E-state index in [0.29, 0.717) is 0 Å². The molecule has 2 rings (SSSR count). The first-order chi connectivity index (χ1) is 9.28. The maximum absolute atomic E-state index is 12.0. The van der Waals surface area contributed by atoms with Crippen molar-refractivity contribution in [1.82, 2.24) is 14.9 Å². The lowest BCUT2D eigenvalue weighted by Crippen LogP contribution is -2.38. The van der Waals surface area contributed by atoms with Gasteiger partial charge in [0.1, 0.15) is 11.8 Å². The van der Waals surface area contributed by atoms with Crippen molar-refractivity contribution in [3.05, 3.63) is 34.7 Å². The molecule has 1 heterocycles. The number of H-pyrrole nitrogens is 1. The van der Waals surface area contributed by atoms with Gasteiger partial charge in [-0.2, -0.15) is 0 Å². The average molecular weight is 277 g/mol. The van der Waals surface area contributed by atoms with Gasteiger partial charge in [0.2, 0.25) is 0 Å². The molecule has 0 aliphatic heterocycles. The van der Waals surface area contributed by atoms with Crippen molar-refractivity contribution in [1.29, 1.82) is 0 Å². The molecule has 0 saturated heterocycles. The Bertz CT molecular complexity index is 679. The standard InChI is InChI=1S/C14H19N3O3/c1-9(15-13(19)20-14(2,3)4)17-11-8-6-5-7-10(11)16-12(17)18/h5-9H,1-4H3,(H,15,19)(H,16,18). The molecular weight excluding hydrogens is 258 g/mol. The molecule has 2 aromatic rings. The van der Waals surface area contributed by atoms with Gasteiger partial charge in [0.05, 0.1) is 11.0 Å². The summed E-state index contributed by atoms with van der Waals surface area (Å²) in [6.07, 6.45) is -1.06. The summed E-state index contributed by atoms with van der Waals surface area (Å²) >= 11 is 0. The summed E-state index contributed by atoms with van der Waals surface area (Å²) in [5, 5.41) is 2.65. The number of rotatable bonds is 2. The topological polar surface area (TPSA) is 76.1 Å². The van der Waals surface area contributed by atoms with E-state index in [1.165, 1.54) is 4.57 Å². The summed E-state index contributed by atoms with van der Waals surface area (Å²) in [7, 11) is 0. The van der Waals surface area contributed by atoms with E-state index in [0.717, 1.165) is 11.0 Å². The number of nitrogens with one attached hydrogen (secondary N) is 2. The van der Waals surface area contributed by atoms with Crippen LogP contribution in [0.15, 0.2) is 29.1 Å². The second-order valence-corrected chi connectivity index (χ2v) is 5.64. The van der Waals surface area contributed by atoms with Crippen LogP contribution in [0.1, 0.15) is 33.9 Å². The Kier molecular flexibility index (Phi) is 3.57. The molecule has 0 bridgehead atoms. The summed E-state index contributed by atoms with van der Waals surface area (Å²) in [5.74, 6) is 0. The molecule has 0 fully saturated rings. The Morgan fingerprint density at radius 3 is 2.65 bits per heavy atom. The molecule has 1 aromatic carbocycles. The van der Waals surface area contributed by atoms with Gasteiger partial charge in [-0.25, -0.2) is 9.59 Å². The summed E-state index contributed by atoms with van der Waals surface area (Å²) in [6, 6.07) is 7.31. The maximum atomic E-state index is 12.0. The van der Waals surface area contributed by atoms with E-state index in [9.17, 15) is 9.59 Å². The molecule has 0 aliphatic rings. The van der Waals surface area contributed by atoms with E-state index in [2.05, 4.69) is 10.3 Å². The molecule has 108 valence electrons. The fourth-order valence-corrected chi connectivity index (χ4v) is 2.00. The number of fused-ring (bicyclic) bond motifs is 1. The number of para-hydroxylation sites is 2. The van der Waals surface area contributed by atoms with E-state index >= 15 is 0 Å². The molecular formula is C14H19N3O3. The quantitative estimate of drug-likeness (QED) is 0.884. The van der Waals surface area contributed by atoms with Gasteiger partial charge in [0.25, 0.3) is 0 Å². The number of carbonyl (C=O) groups is 1. The third-order valence-corrected chi connectivity index (χ3v) is 2.74. The largest absolute Gasteiger partial charge is 0.444 e. The van der Waals surface area contributed by atoms with Crippen LogP contribution in [-0.2, 0) is 4.74 Å². The van der Waals surface area contributed by atoms with Gasteiger partial charge >= 0.3 is 11.8 Å². The van der Waals surface area contributed by atoms with Gasteiger partial charge in [-0.1, -0.05) is 12.1 Å². The van der Waals surface area contributed by atoms with E-state index in [1.807, 2.05) is 24.3 Å². The number of aromatic amines is 1. The van der Waals surface area contributed by atoms with E-state index in [4.69, 9.17) is 4.74 Å². The summed E-state index contributed by atoms with van der Waals surface area (Å²) < 4.78 is 6.67. The van der Waals surface area contributed by atoms with Crippen molar-refractivity contribution in [2.24, 2.45) is 0 Å². The van der Waals surface area contributed by atoms with E-state index < -0.39 is 17.9 Å². The number of hydrogen-bond donors (Lipinski definition) is 2. The predicted molar refractivity (Wildman–Crippen MR) is 76.6 cm³/mol. The highest BCUT2D eigenvalue weighted by atomic mass is 16.6. The molecule has 0 radical (unpaired) electrons.